The average molecular weight is 506 g/mol. The molecule has 0 saturated carbocycles. The monoisotopic (exact) mass is 505 g/mol. The summed E-state index contributed by atoms with van der Waals surface area (Å²) in [5.41, 5.74) is 3.73. The predicted molar refractivity (Wildman–Crippen MR) is 126 cm³/mol. The molecule has 33 heavy (non-hydrogen) atoms. The summed E-state index contributed by atoms with van der Waals surface area (Å²) in [5, 5.41) is 11.6. The third kappa shape index (κ3) is 6.17. The smallest absolute Gasteiger partial charge is 0.267 e. The van der Waals surface area contributed by atoms with Gasteiger partial charge in [-0.25, -0.2) is 13.9 Å². The Morgan fingerprint density at radius 1 is 1.03 bits per heavy atom. The minimum Gasteiger partial charge on any atom is -0.322 e. The van der Waals surface area contributed by atoms with Crippen molar-refractivity contribution in [3.8, 4) is 11.3 Å². The lowest BCUT2D eigenvalue weighted by atomic mass is 10.1. The van der Waals surface area contributed by atoms with Crippen molar-refractivity contribution in [2.45, 2.75) is 4.90 Å². The van der Waals surface area contributed by atoms with Crippen LogP contribution in [0.4, 0.5) is 5.69 Å². The fourth-order valence-electron chi connectivity index (χ4n) is 2.78. The topological polar surface area (TPSA) is 125 Å². The van der Waals surface area contributed by atoms with Crippen LogP contribution in [0.3, 0.4) is 0 Å². The summed E-state index contributed by atoms with van der Waals surface area (Å²) in [4.78, 5) is 28.1. The number of benzene rings is 2. The third-order valence-corrected chi connectivity index (χ3v) is 6.19. The summed E-state index contributed by atoms with van der Waals surface area (Å²) in [7, 11) is -3.45. The van der Waals surface area contributed by atoms with Crippen molar-refractivity contribution in [1.29, 1.82) is 0 Å². The van der Waals surface area contributed by atoms with Crippen LogP contribution < -0.4 is 10.8 Å². The van der Waals surface area contributed by atoms with Crippen LogP contribution in [0, 0.1) is 0 Å². The number of hydrogen-bond donors (Lipinski definition) is 3. The largest absolute Gasteiger partial charge is 0.322 e. The Balaban J connectivity index is 1.83. The van der Waals surface area contributed by atoms with Crippen LogP contribution in [-0.2, 0) is 14.6 Å². The van der Waals surface area contributed by atoms with Gasteiger partial charge < -0.3 is 5.32 Å². The number of rotatable bonds is 6. The Hall–Kier alpha value is -3.24. The number of amides is 2. The van der Waals surface area contributed by atoms with E-state index in [0.29, 0.717) is 27.5 Å². The van der Waals surface area contributed by atoms with Gasteiger partial charge in [0.15, 0.2) is 9.84 Å². The number of aromatic nitrogens is 1. The summed E-state index contributed by atoms with van der Waals surface area (Å²) in [5.74, 6) is -1.19. The van der Waals surface area contributed by atoms with Crippen molar-refractivity contribution in [3.63, 3.8) is 0 Å². The van der Waals surface area contributed by atoms with Crippen molar-refractivity contribution in [3.05, 3.63) is 82.0 Å². The number of anilines is 1. The first kappa shape index (κ1) is 24.4. The molecule has 0 aliphatic carbocycles. The first-order chi connectivity index (χ1) is 15.6. The maximum Gasteiger partial charge on any atom is 0.267 e. The highest BCUT2D eigenvalue weighted by molar-refractivity contribution is 7.90. The number of carbonyl (C=O) groups excluding carboxylic acids is 2. The van der Waals surface area contributed by atoms with Gasteiger partial charge in [-0.3, -0.25) is 19.8 Å². The molecule has 0 saturated heterocycles. The van der Waals surface area contributed by atoms with E-state index in [0.717, 1.165) is 12.3 Å². The molecule has 0 aliphatic rings. The average Bonchev–Trinajstić information content (AvgIpc) is 2.78. The molecule has 0 radical (unpaired) electrons. The van der Waals surface area contributed by atoms with E-state index in [-0.39, 0.29) is 15.5 Å². The second-order valence-electron chi connectivity index (χ2n) is 6.85. The van der Waals surface area contributed by atoms with E-state index in [2.05, 4.69) is 10.3 Å². The van der Waals surface area contributed by atoms with Crippen molar-refractivity contribution in [2.24, 2.45) is 0 Å². The van der Waals surface area contributed by atoms with Crippen molar-refractivity contribution >= 4 is 56.6 Å². The number of hydroxylamine groups is 1. The van der Waals surface area contributed by atoms with E-state index in [1.54, 1.807) is 30.3 Å². The molecular formula is C22H17Cl2N3O5S. The van der Waals surface area contributed by atoms with E-state index < -0.39 is 21.7 Å². The zero-order valence-electron chi connectivity index (χ0n) is 17.0. The third-order valence-electron chi connectivity index (χ3n) is 4.44. The lowest BCUT2D eigenvalue weighted by Crippen LogP contribution is -2.14. The van der Waals surface area contributed by atoms with E-state index in [1.165, 1.54) is 36.0 Å². The molecule has 0 fully saturated rings. The summed E-state index contributed by atoms with van der Waals surface area (Å²) >= 11 is 12.4. The van der Waals surface area contributed by atoms with Gasteiger partial charge in [-0.2, -0.15) is 0 Å². The van der Waals surface area contributed by atoms with Gasteiger partial charge in [0.05, 0.1) is 26.2 Å². The second-order valence-corrected chi connectivity index (χ2v) is 9.68. The second kappa shape index (κ2) is 10.1. The normalized spacial score (nSPS) is 11.4. The molecular weight excluding hydrogens is 489 g/mol. The maximum atomic E-state index is 12.7. The van der Waals surface area contributed by atoms with Gasteiger partial charge in [-0.15, -0.1) is 0 Å². The van der Waals surface area contributed by atoms with Crippen LogP contribution >= 0.6 is 23.2 Å². The molecule has 3 N–H and O–H groups in total. The highest BCUT2D eigenvalue weighted by Gasteiger charge is 2.16. The zero-order chi connectivity index (χ0) is 24.2. The molecule has 170 valence electrons. The summed E-state index contributed by atoms with van der Waals surface area (Å²) in [6.45, 7) is 0. The van der Waals surface area contributed by atoms with Gasteiger partial charge in [0, 0.05) is 29.8 Å². The molecule has 1 aromatic heterocycles. The highest BCUT2D eigenvalue weighted by Crippen LogP contribution is 2.30. The minimum absolute atomic E-state index is 0.00445. The number of sulfone groups is 1. The maximum absolute atomic E-state index is 12.7. The van der Waals surface area contributed by atoms with Gasteiger partial charge in [-0.05, 0) is 54.1 Å². The molecule has 3 rings (SSSR count). The fraction of sp³-hybridized carbons (Fsp3) is 0.0455. The number of pyridine rings is 1. The predicted octanol–water partition coefficient (Wildman–Crippen LogP) is 4.23. The molecule has 0 aliphatic heterocycles. The van der Waals surface area contributed by atoms with Gasteiger partial charge in [0.25, 0.3) is 11.8 Å². The molecule has 0 spiro atoms. The first-order valence-corrected chi connectivity index (χ1v) is 11.9. The summed E-state index contributed by atoms with van der Waals surface area (Å²) in [6, 6.07) is 12.1. The number of nitrogens with zero attached hydrogens (tertiary/aromatic N) is 1. The van der Waals surface area contributed by atoms with E-state index in [9.17, 15) is 18.0 Å². The Kier molecular flexibility index (Phi) is 7.50. The highest BCUT2D eigenvalue weighted by atomic mass is 35.5. The van der Waals surface area contributed by atoms with Gasteiger partial charge in [0.2, 0.25) is 0 Å². The molecule has 2 aromatic carbocycles. The van der Waals surface area contributed by atoms with Gasteiger partial charge in [0.1, 0.15) is 0 Å². The SMILES string of the molecule is CS(=O)(=O)c1ccc(C(=O)Nc2ccc(Cl)c(-c3ccc(C=CC(=O)NO)cn3)c2)c(Cl)c1. The summed E-state index contributed by atoms with van der Waals surface area (Å²) < 4.78 is 23.3. The van der Waals surface area contributed by atoms with Gasteiger partial charge >= 0.3 is 0 Å². The van der Waals surface area contributed by atoms with Gasteiger partial charge in [-0.1, -0.05) is 29.3 Å². The molecule has 0 bridgehead atoms. The number of hydrogen-bond acceptors (Lipinski definition) is 6. The number of halogens is 2. The zero-order valence-corrected chi connectivity index (χ0v) is 19.4. The fourth-order valence-corrected chi connectivity index (χ4v) is 3.97. The molecule has 0 atom stereocenters. The van der Waals surface area contributed by atoms with Crippen LogP contribution in [0.25, 0.3) is 17.3 Å². The molecule has 0 unspecified atom stereocenters. The van der Waals surface area contributed by atoms with Crippen LogP contribution in [0.5, 0.6) is 0 Å². The summed E-state index contributed by atoms with van der Waals surface area (Å²) in [6.07, 6.45) is 5.18. The van der Waals surface area contributed by atoms with Crippen molar-refractivity contribution < 1.29 is 23.2 Å². The van der Waals surface area contributed by atoms with E-state index in [1.807, 2.05) is 0 Å². The Labute approximate surface area is 199 Å². The van der Waals surface area contributed by atoms with Crippen molar-refractivity contribution in [2.75, 3.05) is 11.6 Å². The minimum atomic E-state index is -3.45. The molecule has 8 nitrogen and oxygen atoms in total. The Morgan fingerprint density at radius 2 is 1.79 bits per heavy atom. The first-order valence-electron chi connectivity index (χ1n) is 9.27. The van der Waals surface area contributed by atoms with Crippen LogP contribution in [0.2, 0.25) is 10.0 Å². The van der Waals surface area contributed by atoms with Crippen LogP contribution in [0.1, 0.15) is 15.9 Å². The van der Waals surface area contributed by atoms with Crippen molar-refractivity contribution in [1.82, 2.24) is 10.5 Å². The van der Waals surface area contributed by atoms with E-state index in [4.69, 9.17) is 28.4 Å². The Bertz CT molecular complexity index is 1360. The van der Waals surface area contributed by atoms with Crippen LogP contribution in [0.15, 0.2) is 65.7 Å². The Morgan fingerprint density at radius 3 is 2.39 bits per heavy atom. The molecule has 2 amide bonds. The van der Waals surface area contributed by atoms with E-state index >= 15 is 0 Å². The molecule has 1 heterocycles. The lowest BCUT2D eigenvalue weighted by molar-refractivity contribution is -0.124. The molecule has 11 heteroatoms. The standard InChI is InChI=1S/C22H17Cl2N3O5S/c1-33(31,32)15-5-6-16(19(24)11-15)22(29)26-14-4-7-18(23)17(10-14)20-8-2-13(12-25-20)3-9-21(28)27-30/h2-12,30H,1H3,(H,26,29)(H,27,28). The number of carbonyl (C=O) groups is 2. The lowest BCUT2D eigenvalue weighted by Gasteiger charge is -2.11. The molecule has 3 aromatic rings. The quantitative estimate of drug-likeness (QED) is 0.261. The number of nitrogens with one attached hydrogen (secondary N) is 2. The van der Waals surface area contributed by atoms with Crippen LogP contribution in [-0.4, -0.2) is 36.7 Å².